The van der Waals surface area contributed by atoms with E-state index in [1.807, 2.05) is 6.07 Å². The Balaban J connectivity index is 0.000000207. The van der Waals surface area contributed by atoms with Crippen LogP contribution in [0.5, 0.6) is 0 Å². The molecule has 0 aliphatic carbocycles. The summed E-state index contributed by atoms with van der Waals surface area (Å²) < 4.78 is 39.5. The standard InChI is InChI=1S/C12H14BrFO.C12H15FO.CH4/c1-2-3-11-12-8(6-7-15-11)9(13)4-5-10(12)14;1-2-4-11-12-9(7-8-14-11)5-3-6-10(12)13;/h4-5,11H,2-3,6-7H2,1H3;3,5-6,11H,2,4,7-8H2,1H3;1H4. The first-order valence-corrected chi connectivity index (χ1v) is 11.3. The highest BCUT2D eigenvalue weighted by Gasteiger charge is 2.25. The van der Waals surface area contributed by atoms with Crippen LogP contribution in [0.15, 0.2) is 34.8 Å². The van der Waals surface area contributed by atoms with Crippen molar-refractivity contribution >= 4 is 15.9 Å². The molecule has 0 aromatic heterocycles. The zero-order valence-corrected chi connectivity index (χ0v) is 18.7. The Hall–Kier alpha value is -1.30. The van der Waals surface area contributed by atoms with Gasteiger partial charge < -0.3 is 9.47 Å². The molecule has 0 radical (unpaired) electrons. The number of hydrogen-bond acceptors (Lipinski definition) is 2. The van der Waals surface area contributed by atoms with E-state index in [-0.39, 0.29) is 31.3 Å². The average Bonchev–Trinajstić information content (AvgIpc) is 2.72. The summed E-state index contributed by atoms with van der Waals surface area (Å²) in [7, 11) is 0. The Morgan fingerprint density at radius 1 is 0.867 bits per heavy atom. The van der Waals surface area contributed by atoms with Crippen molar-refractivity contribution in [2.75, 3.05) is 13.2 Å². The highest BCUT2D eigenvalue weighted by molar-refractivity contribution is 9.10. The van der Waals surface area contributed by atoms with Crippen LogP contribution in [0.1, 0.15) is 81.4 Å². The summed E-state index contributed by atoms with van der Waals surface area (Å²) in [6.45, 7) is 5.60. The summed E-state index contributed by atoms with van der Waals surface area (Å²) in [6.07, 6.45) is 5.39. The van der Waals surface area contributed by atoms with Gasteiger partial charge >= 0.3 is 0 Å². The third-order valence-electron chi connectivity index (χ3n) is 5.50. The summed E-state index contributed by atoms with van der Waals surface area (Å²) in [4.78, 5) is 0. The summed E-state index contributed by atoms with van der Waals surface area (Å²) in [5, 5.41) is 0. The second kappa shape index (κ2) is 11.9. The third kappa shape index (κ3) is 5.68. The van der Waals surface area contributed by atoms with Crippen molar-refractivity contribution in [1.29, 1.82) is 0 Å². The van der Waals surface area contributed by atoms with Gasteiger partial charge in [-0.1, -0.05) is 62.2 Å². The van der Waals surface area contributed by atoms with Crippen molar-refractivity contribution in [3.05, 3.63) is 68.7 Å². The first-order valence-electron chi connectivity index (χ1n) is 10.5. The molecule has 30 heavy (non-hydrogen) atoms. The van der Waals surface area contributed by atoms with Crippen LogP contribution in [-0.2, 0) is 22.3 Å². The van der Waals surface area contributed by atoms with Gasteiger partial charge in [0.25, 0.3) is 0 Å². The normalized spacial score (nSPS) is 19.6. The predicted molar refractivity (Wildman–Crippen MR) is 122 cm³/mol. The molecule has 2 atom stereocenters. The Labute approximate surface area is 188 Å². The molecule has 5 heteroatoms. The minimum Gasteiger partial charge on any atom is -0.373 e. The van der Waals surface area contributed by atoms with Gasteiger partial charge in [-0.25, -0.2) is 8.78 Å². The van der Waals surface area contributed by atoms with E-state index in [9.17, 15) is 8.78 Å². The van der Waals surface area contributed by atoms with E-state index in [0.29, 0.717) is 6.61 Å². The first-order chi connectivity index (χ1) is 14.1. The Morgan fingerprint density at radius 2 is 1.47 bits per heavy atom. The molecular formula is C25H33BrF2O2. The SMILES string of the molecule is C.CCCC1OCCc2c(Br)ccc(F)c21.CCCC1OCCc2cccc(F)c21. The maximum Gasteiger partial charge on any atom is 0.129 e. The fraction of sp³-hybridized carbons (Fsp3) is 0.520. The van der Waals surface area contributed by atoms with E-state index in [2.05, 4.69) is 29.8 Å². The fourth-order valence-electron chi connectivity index (χ4n) is 4.13. The van der Waals surface area contributed by atoms with Gasteiger partial charge in [0.1, 0.15) is 11.6 Å². The Bertz CT molecular complexity index is 825. The van der Waals surface area contributed by atoms with Gasteiger partial charge in [-0.05, 0) is 55.0 Å². The number of rotatable bonds is 4. The number of ether oxygens (including phenoxy) is 2. The predicted octanol–water partition coefficient (Wildman–Crippen LogP) is 7.88. The molecule has 0 saturated carbocycles. The molecule has 0 spiro atoms. The van der Waals surface area contributed by atoms with Crippen LogP contribution >= 0.6 is 15.9 Å². The maximum absolute atomic E-state index is 13.7. The lowest BCUT2D eigenvalue weighted by atomic mass is 9.94. The van der Waals surface area contributed by atoms with Gasteiger partial charge in [0, 0.05) is 15.6 Å². The number of benzene rings is 2. The summed E-state index contributed by atoms with van der Waals surface area (Å²) >= 11 is 3.47. The smallest absolute Gasteiger partial charge is 0.129 e. The largest absolute Gasteiger partial charge is 0.373 e. The lowest BCUT2D eigenvalue weighted by Crippen LogP contribution is -2.18. The second-order valence-electron chi connectivity index (χ2n) is 7.53. The molecule has 2 aliphatic heterocycles. The first kappa shape index (κ1) is 25.0. The topological polar surface area (TPSA) is 18.5 Å². The lowest BCUT2D eigenvalue weighted by molar-refractivity contribution is 0.0330. The zero-order chi connectivity index (χ0) is 20.8. The van der Waals surface area contributed by atoms with E-state index < -0.39 is 0 Å². The van der Waals surface area contributed by atoms with E-state index in [1.165, 1.54) is 12.1 Å². The Kier molecular flexibility index (Phi) is 9.92. The molecule has 166 valence electrons. The molecule has 2 aromatic rings. The van der Waals surface area contributed by atoms with Crippen LogP contribution in [0.3, 0.4) is 0 Å². The van der Waals surface area contributed by atoms with Crippen molar-refractivity contribution in [3.8, 4) is 0 Å². The van der Waals surface area contributed by atoms with Gasteiger partial charge in [0.2, 0.25) is 0 Å². The van der Waals surface area contributed by atoms with Crippen LogP contribution in [0.2, 0.25) is 0 Å². The van der Waals surface area contributed by atoms with Crippen LogP contribution in [-0.4, -0.2) is 13.2 Å². The number of halogens is 3. The van der Waals surface area contributed by atoms with Gasteiger partial charge in [-0.2, -0.15) is 0 Å². The average molecular weight is 483 g/mol. The van der Waals surface area contributed by atoms with Crippen LogP contribution in [0.25, 0.3) is 0 Å². The van der Waals surface area contributed by atoms with Crippen LogP contribution in [0, 0.1) is 11.6 Å². The van der Waals surface area contributed by atoms with Crippen LogP contribution < -0.4 is 0 Å². The quantitative estimate of drug-likeness (QED) is 0.441. The number of hydrogen-bond donors (Lipinski definition) is 0. The van der Waals surface area contributed by atoms with Gasteiger partial charge in [-0.3, -0.25) is 0 Å². The molecule has 2 aliphatic rings. The molecule has 2 heterocycles. The molecule has 2 nitrogen and oxygen atoms in total. The highest BCUT2D eigenvalue weighted by Crippen LogP contribution is 2.36. The lowest BCUT2D eigenvalue weighted by Gasteiger charge is -2.27. The third-order valence-corrected chi connectivity index (χ3v) is 6.24. The molecule has 0 N–H and O–H groups in total. The monoisotopic (exact) mass is 482 g/mol. The Morgan fingerprint density at radius 3 is 2.13 bits per heavy atom. The van der Waals surface area contributed by atoms with Gasteiger partial charge in [-0.15, -0.1) is 0 Å². The molecule has 4 rings (SSSR count). The molecule has 2 unspecified atom stereocenters. The van der Waals surface area contributed by atoms with Crippen molar-refractivity contribution < 1.29 is 18.3 Å². The van der Waals surface area contributed by atoms with E-state index >= 15 is 0 Å². The van der Waals surface area contributed by atoms with E-state index in [0.717, 1.165) is 71.9 Å². The van der Waals surface area contributed by atoms with Gasteiger partial charge in [0.05, 0.1) is 25.4 Å². The summed E-state index contributed by atoms with van der Waals surface area (Å²) in [6, 6.07) is 8.60. The minimum absolute atomic E-state index is 0. The summed E-state index contributed by atoms with van der Waals surface area (Å²) in [5.41, 5.74) is 3.76. The number of fused-ring (bicyclic) bond motifs is 2. The van der Waals surface area contributed by atoms with Crippen molar-refractivity contribution in [1.82, 2.24) is 0 Å². The van der Waals surface area contributed by atoms with E-state index in [1.54, 1.807) is 12.1 Å². The fourth-order valence-corrected chi connectivity index (χ4v) is 4.68. The molecule has 2 aromatic carbocycles. The zero-order valence-electron chi connectivity index (χ0n) is 17.1. The van der Waals surface area contributed by atoms with Crippen molar-refractivity contribution in [2.24, 2.45) is 0 Å². The summed E-state index contributed by atoms with van der Waals surface area (Å²) in [5.74, 6) is -0.244. The van der Waals surface area contributed by atoms with Crippen molar-refractivity contribution in [2.45, 2.75) is 72.0 Å². The van der Waals surface area contributed by atoms with E-state index in [4.69, 9.17) is 9.47 Å². The minimum atomic E-state index is -0.133. The van der Waals surface area contributed by atoms with Gasteiger partial charge in [0.15, 0.2) is 0 Å². The second-order valence-corrected chi connectivity index (χ2v) is 8.38. The van der Waals surface area contributed by atoms with Crippen LogP contribution in [0.4, 0.5) is 8.78 Å². The maximum atomic E-state index is 13.7. The molecule has 0 saturated heterocycles. The highest BCUT2D eigenvalue weighted by atomic mass is 79.9. The molecule has 0 fully saturated rings. The molecule has 0 amide bonds. The van der Waals surface area contributed by atoms with Crippen molar-refractivity contribution in [3.63, 3.8) is 0 Å². The molecular weight excluding hydrogens is 450 g/mol. The molecule has 0 bridgehead atoms.